The van der Waals surface area contributed by atoms with Crippen molar-refractivity contribution in [2.75, 3.05) is 0 Å². The maximum absolute atomic E-state index is 11.8. The number of aromatic carboxylic acids is 1. The summed E-state index contributed by atoms with van der Waals surface area (Å²) in [5, 5.41) is 13.0. The van der Waals surface area contributed by atoms with Crippen LogP contribution >= 0.6 is 49.9 Å². The lowest BCUT2D eigenvalue weighted by Crippen LogP contribution is -2.00. The molecule has 6 heterocycles. The van der Waals surface area contributed by atoms with Gasteiger partial charge in [-0.15, -0.1) is 34.0 Å². The number of nitrogens with zero attached hydrogens (tertiary/aromatic N) is 3. The molecule has 0 atom stereocenters. The fraction of sp³-hybridized carbons (Fsp3) is 0.0784. The number of carbonyl (C=O) groups excluding carboxylic acids is 1. The third-order valence-corrected chi connectivity index (χ3v) is 14.9. The summed E-state index contributed by atoms with van der Waals surface area (Å²) in [7, 11) is 0. The van der Waals surface area contributed by atoms with Crippen LogP contribution in [0.5, 0.6) is 0 Å². The Hall–Kier alpha value is -6.17. The number of carboxylic acids is 1. The van der Waals surface area contributed by atoms with Crippen LogP contribution in [-0.4, -0.2) is 35.5 Å². The largest absolute Gasteiger partial charge is 0.478 e. The van der Waals surface area contributed by atoms with Crippen molar-refractivity contribution in [3.8, 4) is 31.3 Å². The van der Waals surface area contributed by atoms with Gasteiger partial charge in [-0.25, -0.2) is 4.79 Å². The average Bonchev–Trinajstić information content (AvgIpc) is 4.12. The molecule has 0 radical (unpaired) electrons. The number of benzene rings is 6. The summed E-state index contributed by atoms with van der Waals surface area (Å²) in [5.41, 5.74) is 11.4. The summed E-state index contributed by atoms with van der Waals surface area (Å²) in [6, 6.07) is 43.5. The number of carboxylic acid groups (broad SMARTS) is 1. The Morgan fingerprint density at radius 2 is 0.885 bits per heavy atom. The van der Waals surface area contributed by atoms with Gasteiger partial charge in [0.05, 0.1) is 25.2 Å². The molecule has 6 aromatic carbocycles. The Bertz CT molecular complexity index is 3080. The van der Waals surface area contributed by atoms with Gasteiger partial charge in [-0.1, -0.05) is 70.5 Å². The first-order valence-electron chi connectivity index (χ1n) is 19.6. The van der Waals surface area contributed by atoms with Gasteiger partial charge < -0.3 is 5.11 Å². The highest BCUT2D eigenvalue weighted by Gasteiger charge is 2.20. The van der Waals surface area contributed by atoms with Crippen LogP contribution in [0.15, 0.2) is 147 Å². The van der Waals surface area contributed by atoms with E-state index in [1.54, 1.807) is 47.9 Å². The van der Waals surface area contributed by atoms with E-state index in [1.165, 1.54) is 62.3 Å². The molecule has 3 aliphatic rings. The van der Waals surface area contributed by atoms with Crippen LogP contribution in [0, 0.1) is 0 Å². The first-order valence-corrected chi connectivity index (χ1v) is 22.9. The molecule has 3 aromatic heterocycles. The summed E-state index contributed by atoms with van der Waals surface area (Å²) in [4.78, 5) is 39.7. The second kappa shape index (κ2) is 16.4. The lowest BCUT2D eigenvalue weighted by atomic mass is 9.97. The van der Waals surface area contributed by atoms with Gasteiger partial charge in [0.25, 0.3) is 0 Å². The molecule has 3 aliphatic heterocycles. The number of fused-ring (bicyclic) bond motifs is 6. The minimum atomic E-state index is -0.902. The number of carbonyl (C=O) groups is 2. The van der Waals surface area contributed by atoms with Gasteiger partial charge in [0, 0.05) is 57.4 Å². The van der Waals surface area contributed by atoms with E-state index in [2.05, 4.69) is 122 Å². The van der Waals surface area contributed by atoms with Gasteiger partial charge in [0.2, 0.25) is 0 Å². The summed E-state index contributed by atoms with van der Waals surface area (Å²) in [5.74, 6) is -0.805. The van der Waals surface area contributed by atoms with Gasteiger partial charge in [-0.2, -0.15) is 0 Å². The van der Waals surface area contributed by atoms with E-state index in [1.807, 2.05) is 48.0 Å². The maximum Gasteiger partial charge on any atom is 0.335 e. The predicted octanol–water partition coefficient (Wildman–Crippen LogP) is 14.2. The average molecular weight is 913 g/mol. The number of halogens is 1. The van der Waals surface area contributed by atoms with Gasteiger partial charge in [-0.05, 0) is 146 Å². The number of hydrogen-bond acceptors (Lipinski definition) is 8. The molecule has 12 rings (SSSR count). The highest BCUT2D eigenvalue weighted by molar-refractivity contribution is 9.10. The van der Waals surface area contributed by atoms with Crippen molar-refractivity contribution in [2.45, 2.75) is 26.6 Å². The van der Waals surface area contributed by atoms with E-state index in [9.17, 15) is 14.7 Å². The van der Waals surface area contributed by atoms with Crippen molar-refractivity contribution in [1.82, 2.24) is 0 Å². The van der Waals surface area contributed by atoms with E-state index in [4.69, 9.17) is 0 Å². The molecule has 61 heavy (non-hydrogen) atoms. The molecule has 0 amide bonds. The molecular formula is C51H34BrN3O3S3. The molecule has 0 spiro atoms. The standard InChI is InChI=1S/C18H13NOS.C17H11NO2S.C16H10BrNS/c1-11(20)13-6-14-9-19-10-16(14)15(7-13)18-8-12-4-2-3-5-17(12)21-18;19-17(20)11-5-12-8-18-9-14(12)13(6-11)16-7-10-3-1-2-4-15(10)21-16;17-12-5-11-8-18-9-14(11)13(7-12)16-6-10-3-1-2-4-15(10)19-16/h2-9H,10H2,1H3;1-8H,9H2,(H,19,20);1-8H,9H2. The number of Topliss-reactive ketones (excluding diaryl/α,β-unsaturated/α-hetero) is 1. The van der Waals surface area contributed by atoms with Crippen LogP contribution in [0.25, 0.3) is 61.6 Å². The molecule has 10 heteroatoms. The SMILES string of the molecule is Brc1cc2c(c(-c3cc4ccccc4s3)c1)CN=C2.CC(=O)c1cc2c(c(-c3cc4ccccc4s3)c1)CN=C2.O=C(O)c1cc2c(c(-c3cc4ccccc4s3)c1)CN=C2. The summed E-state index contributed by atoms with van der Waals surface area (Å²) >= 11 is 8.91. The van der Waals surface area contributed by atoms with Gasteiger partial charge >= 0.3 is 5.97 Å². The third kappa shape index (κ3) is 7.72. The van der Waals surface area contributed by atoms with Crippen molar-refractivity contribution < 1.29 is 14.7 Å². The lowest BCUT2D eigenvalue weighted by molar-refractivity contribution is 0.0696. The Balaban J connectivity index is 0.000000110. The molecule has 0 saturated carbocycles. The zero-order chi connectivity index (χ0) is 41.6. The molecule has 0 aliphatic carbocycles. The Morgan fingerprint density at radius 3 is 1.30 bits per heavy atom. The molecule has 0 saturated heterocycles. The first-order chi connectivity index (χ1) is 29.8. The minimum absolute atomic E-state index is 0.0976. The maximum atomic E-state index is 11.8. The van der Waals surface area contributed by atoms with Crippen LogP contribution in [-0.2, 0) is 19.6 Å². The molecule has 296 valence electrons. The fourth-order valence-corrected chi connectivity index (χ4v) is 11.8. The molecule has 0 bridgehead atoms. The smallest absolute Gasteiger partial charge is 0.335 e. The number of aliphatic imine (C=N–C) groups is 3. The van der Waals surface area contributed by atoms with Crippen LogP contribution in [0.2, 0.25) is 0 Å². The Kier molecular flexibility index (Phi) is 10.5. The minimum Gasteiger partial charge on any atom is -0.478 e. The van der Waals surface area contributed by atoms with Crippen LogP contribution in [0.4, 0.5) is 0 Å². The van der Waals surface area contributed by atoms with E-state index >= 15 is 0 Å². The third-order valence-electron chi connectivity index (χ3n) is 11.0. The van der Waals surface area contributed by atoms with E-state index in [-0.39, 0.29) is 5.78 Å². The molecule has 0 fully saturated rings. The van der Waals surface area contributed by atoms with Crippen LogP contribution in [0.3, 0.4) is 0 Å². The molecule has 6 nitrogen and oxygen atoms in total. The monoisotopic (exact) mass is 911 g/mol. The highest BCUT2D eigenvalue weighted by Crippen LogP contribution is 2.41. The van der Waals surface area contributed by atoms with E-state index in [0.29, 0.717) is 18.7 Å². The zero-order valence-corrected chi connectivity index (χ0v) is 36.7. The molecule has 1 N–H and O–H groups in total. The highest BCUT2D eigenvalue weighted by atomic mass is 79.9. The Labute approximate surface area is 372 Å². The van der Waals surface area contributed by atoms with Crippen molar-refractivity contribution in [3.63, 3.8) is 0 Å². The lowest BCUT2D eigenvalue weighted by Gasteiger charge is -2.08. The van der Waals surface area contributed by atoms with E-state index in [0.717, 1.165) is 49.3 Å². The molecule has 9 aromatic rings. The first kappa shape index (κ1) is 39.0. The van der Waals surface area contributed by atoms with Crippen molar-refractivity contribution >= 4 is 111 Å². The second-order valence-corrected chi connectivity index (χ2v) is 19.1. The topological polar surface area (TPSA) is 91.5 Å². The summed E-state index contributed by atoms with van der Waals surface area (Å²) in [6.07, 6.45) is 5.61. The normalized spacial score (nSPS) is 12.9. The summed E-state index contributed by atoms with van der Waals surface area (Å²) in [6.45, 7) is 3.74. The number of rotatable bonds is 5. The van der Waals surface area contributed by atoms with Gasteiger partial charge in [0.1, 0.15) is 0 Å². The Morgan fingerprint density at radius 1 is 0.508 bits per heavy atom. The number of ketones is 1. The van der Waals surface area contributed by atoms with Crippen molar-refractivity contribution in [1.29, 1.82) is 0 Å². The van der Waals surface area contributed by atoms with Gasteiger partial charge in [0.15, 0.2) is 5.78 Å². The fourth-order valence-electron chi connectivity index (χ4n) is 7.96. The second-order valence-electron chi connectivity index (χ2n) is 14.9. The quantitative estimate of drug-likeness (QED) is 0.174. The molecule has 0 unspecified atom stereocenters. The van der Waals surface area contributed by atoms with E-state index < -0.39 is 5.97 Å². The van der Waals surface area contributed by atoms with Gasteiger partial charge in [-0.3, -0.25) is 19.8 Å². The summed E-state index contributed by atoms with van der Waals surface area (Å²) < 4.78 is 4.94. The number of hydrogen-bond donors (Lipinski definition) is 1. The predicted molar refractivity (Wildman–Crippen MR) is 260 cm³/mol. The van der Waals surface area contributed by atoms with Crippen molar-refractivity contribution in [3.05, 3.63) is 176 Å². The van der Waals surface area contributed by atoms with Crippen LogP contribution < -0.4 is 0 Å². The zero-order valence-electron chi connectivity index (χ0n) is 32.7. The van der Waals surface area contributed by atoms with Crippen molar-refractivity contribution in [2.24, 2.45) is 15.0 Å². The molecular weight excluding hydrogens is 879 g/mol. The van der Waals surface area contributed by atoms with Crippen LogP contribution in [0.1, 0.15) is 61.0 Å². The number of thiophene rings is 3.